The SMILES string of the molecule is COC(=O)CN1C(=O)C2C(N=C3N(c4ccccc4F)C(C)=CN32)N(C)C1=O. The van der Waals surface area contributed by atoms with Crippen LogP contribution in [0.15, 0.2) is 41.2 Å². The van der Waals surface area contributed by atoms with Gasteiger partial charge < -0.3 is 14.5 Å². The van der Waals surface area contributed by atoms with Crippen LogP contribution in [0.3, 0.4) is 0 Å². The minimum Gasteiger partial charge on any atom is -0.468 e. The minimum absolute atomic E-state index is 0.295. The number of likely N-dealkylation sites (N-methyl/N-ethyl adjacent to an activating group) is 1. The van der Waals surface area contributed by atoms with Gasteiger partial charge in [0.15, 0.2) is 12.2 Å². The quantitative estimate of drug-likeness (QED) is 0.718. The summed E-state index contributed by atoms with van der Waals surface area (Å²) in [4.78, 5) is 47.1. The Balaban J connectivity index is 1.71. The summed E-state index contributed by atoms with van der Waals surface area (Å²) in [6.07, 6.45) is 0.913. The van der Waals surface area contributed by atoms with Crippen LogP contribution >= 0.6 is 0 Å². The van der Waals surface area contributed by atoms with E-state index in [1.165, 1.54) is 25.1 Å². The average Bonchev–Trinajstić information content (AvgIpc) is 3.18. The molecule has 4 rings (SSSR count). The number of amides is 3. The molecule has 146 valence electrons. The van der Waals surface area contributed by atoms with Crippen LogP contribution in [-0.4, -0.2) is 71.5 Å². The van der Waals surface area contributed by atoms with Gasteiger partial charge in [0.05, 0.1) is 12.8 Å². The van der Waals surface area contributed by atoms with E-state index >= 15 is 0 Å². The second-order valence-electron chi connectivity index (χ2n) is 6.65. The molecule has 2 atom stereocenters. The summed E-state index contributed by atoms with van der Waals surface area (Å²) in [7, 11) is 2.69. The maximum Gasteiger partial charge on any atom is 0.328 e. The fourth-order valence-electron chi connectivity index (χ4n) is 3.62. The van der Waals surface area contributed by atoms with Crippen molar-refractivity contribution in [2.75, 3.05) is 25.6 Å². The van der Waals surface area contributed by atoms with E-state index in [9.17, 15) is 18.8 Å². The molecule has 1 saturated heterocycles. The lowest BCUT2D eigenvalue weighted by Gasteiger charge is -2.39. The van der Waals surface area contributed by atoms with Crippen molar-refractivity contribution in [2.24, 2.45) is 4.99 Å². The van der Waals surface area contributed by atoms with E-state index < -0.39 is 42.5 Å². The number of guanidine groups is 1. The number of hydrogen-bond donors (Lipinski definition) is 0. The second kappa shape index (κ2) is 6.32. The molecule has 1 aromatic rings. The lowest BCUT2D eigenvalue weighted by molar-refractivity contribution is -0.148. The van der Waals surface area contributed by atoms with Gasteiger partial charge >= 0.3 is 12.0 Å². The van der Waals surface area contributed by atoms with Crippen molar-refractivity contribution >= 4 is 29.6 Å². The number of para-hydroxylation sites is 1. The fraction of sp³-hybridized carbons (Fsp3) is 0.333. The lowest BCUT2D eigenvalue weighted by Crippen LogP contribution is -2.65. The number of halogens is 1. The van der Waals surface area contributed by atoms with Gasteiger partial charge in [-0.25, -0.2) is 14.2 Å². The van der Waals surface area contributed by atoms with E-state index in [4.69, 9.17) is 0 Å². The van der Waals surface area contributed by atoms with E-state index in [-0.39, 0.29) is 0 Å². The smallest absolute Gasteiger partial charge is 0.328 e. The van der Waals surface area contributed by atoms with Crippen molar-refractivity contribution < 1.29 is 23.5 Å². The molecule has 9 nitrogen and oxygen atoms in total. The number of methoxy groups -OCH3 is 1. The van der Waals surface area contributed by atoms with Gasteiger partial charge in [-0.3, -0.25) is 19.4 Å². The Hall–Kier alpha value is -3.43. The van der Waals surface area contributed by atoms with Crippen LogP contribution in [0.2, 0.25) is 0 Å². The fourth-order valence-corrected chi connectivity index (χ4v) is 3.62. The zero-order valence-corrected chi connectivity index (χ0v) is 15.5. The van der Waals surface area contributed by atoms with Crippen molar-refractivity contribution in [3.63, 3.8) is 0 Å². The number of aliphatic imine (C=N–C) groups is 1. The Kier molecular flexibility index (Phi) is 4.06. The molecule has 3 heterocycles. The standard InChI is InChI=1S/C18H18FN5O4/c1-10-8-22-14-15(20-17(22)24(10)12-7-5-4-6-11(12)19)21(2)18(27)23(16(14)26)9-13(25)28-3/h4-8,14-15H,9H2,1-3H3. The maximum atomic E-state index is 14.4. The van der Waals surface area contributed by atoms with Crippen LogP contribution < -0.4 is 4.90 Å². The van der Waals surface area contributed by atoms with Gasteiger partial charge in [0.1, 0.15) is 12.4 Å². The highest BCUT2D eigenvalue weighted by atomic mass is 19.1. The molecule has 2 unspecified atom stereocenters. The third-order valence-electron chi connectivity index (χ3n) is 5.00. The number of ether oxygens (including phenoxy) is 1. The van der Waals surface area contributed by atoms with Crippen LogP contribution in [0, 0.1) is 5.82 Å². The molecule has 10 heteroatoms. The van der Waals surface area contributed by atoms with Gasteiger partial charge in [-0.1, -0.05) is 12.1 Å². The third-order valence-corrected chi connectivity index (χ3v) is 5.00. The summed E-state index contributed by atoms with van der Waals surface area (Å²) in [6.45, 7) is 1.29. The van der Waals surface area contributed by atoms with Crippen molar-refractivity contribution in [3.8, 4) is 0 Å². The molecule has 0 spiro atoms. The van der Waals surface area contributed by atoms with Gasteiger partial charge in [0.25, 0.3) is 5.91 Å². The van der Waals surface area contributed by atoms with E-state index in [1.807, 2.05) is 0 Å². The largest absolute Gasteiger partial charge is 0.468 e. The number of hydrogen-bond acceptors (Lipinski definition) is 7. The Morgan fingerprint density at radius 1 is 1.29 bits per heavy atom. The molecule has 0 aliphatic carbocycles. The van der Waals surface area contributed by atoms with Gasteiger partial charge in [-0.05, 0) is 19.1 Å². The number of rotatable bonds is 3. The van der Waals surface area contributed by atoms with Crippen molar-refractivity contribution in [3.05, 3.63) is 42.0 Å². The van der Waals surface area contributed by atoms with Gasteiger partial charge in [0, 0.05) is 18.9 Å². The predicted molar refractivity (Wildman–Crippen MR) is 96.4 cm³/mol. The number of benzene rings is 1. The first-order valence-corrected chi connectivity index (χ1v) is 8.59. The maximum absolute atomic E-state index is 14.4. The van der Waals surface area contributed by atoms with Crippen molar-refractivity contribution in [1.82, 2.24) is 14.7 Å². The van der Waals surface area contributed by atoms with E-state index in [2.05, 4.69) is 9.73 Å². The summed E-state index contributed by atoms with van der Waals surface area (Å²) in [5, 5.41) is 0. The number of esters is 1. The number of carbonyl (C=O) groups is 3. The third kappa shape index (κ3) is 2.44. The monoisotopic (exact) mass is 387 g/mol. The number of allylic oxidation sites excluding steroid dienone is 1. The molecule has 0 bridgehead atoms. The first-order valence-electron chi connectivity index (χ1n) is 8.59. The summed E-state index contributed by atoms with van der Waals surface area (Å²) in [5.41, 5.74) is 0.971. The van der Waals surface area contributed by atoms with Crippen LogP contribution in [-0.2, 0) is 14.3 Å². The molecule has 0 N–H and O–H groups in total. The summed E-state index contributed by atoms with van der Waals surface area (Å²) in [6, 6.07) is 4.76. The number of fused-ring (bicyclic) bond motifs is 3. The molecule has 3 aliphatic rings. The zero-order chi connectivity index (χ0) is 20.2. The summed E-state index contributed by atoms with van der Waals surface area (Å²) < 4.78 is 18.9. The summed E-state index contributed by atoms with van der Waals surface area (Å²) >= 11 is 0. The molecule has 1 fully saturated rings. The molecule has 3 aliphatic heterocycles. The highest BCUT2D eigenvalue weighted by molar-refractivity contribution is 6.10. The number of carbonyl (C=O) groups excluding carboxylic acids is 3. The second-order valence-corrected chi connectivity index (χ2v) is 6.65. The molecular weight excluding hydrogens is 369 g/mol. The molecule has 1 aromatic carbocycles. The number of nitrogens with zero attached hydrogens (tertiary/aromatic N) is 5. The first kappa shape index (κ1) is 18.0. The minimum atomic E-state index is -0.839. The molecular formula is C18H18FN5O4. The molecule has 28 heavy (non-hydrogen) atoms. The van der Waals surface area contributed by atoms with Gasteiger partial charge in [-0.15, -0.1) is 0 Å². The highest BCUT2D eigenvalue weighted by Crippen LogP contribution is 2.37. The Bertz CT molecular complexity index is 946. The molecule has 3 amide bonds. The first-order chi connectivity index (χ1) is 13.3. The topological polar surface area (TPSA) is 85.8 Å². The Morgan fingerprint density at radius 3 is 2.68 bits per heavy atom. The van der Waals surface area contributed by atoms with Gasteiger partial charge in [0.2, 0.25) is 5.96 Å². The Labute approximate surface area is 160 Å². The van der Waals surface area contributed by atoms with Crippen molar-refractivity contribution in [2.45, 2.75) is 19.1 Å². The van der Waals surface area contributed by atoms with E-state index in [1.54, 1.807) is 41.1 Å². The zero-order valence-electron chi connectivity index (χ0n) is 15.5. The summed E-state index contributed by atoms with van der Waals surface area (Å²) in [5.74, 6) is -1.34. The molecule has 0 aromatic heterocycles. The van der Waals surface area contributed by atoms with Crippen molar-refractivity contribution in [1.29, 1.82) is 0 Å². The number of urea groups is 1. The van der Waals surface area contributed by atoms with E-state index in [0.717, 1.165) is 4.90 Å². The predicted octanol–water partition coefficient (Wildman–Crippen LogP) is 0.940. The average molecular weight is 387 g/mol. The van der Waals surface area contributed by atoms with E-state index in [0.29, 0.717) is 17.3 Å². The number of imide groups is 1. The van der Waals surface area contributed by atoms with Crippen LogP contribution in [0.1, 0.15) is 6.92 Å². The highest BCUT2D eigenvalue weighted by Gasteiger charge is 2.54. The molecule has 0 radical (unpaired) electrons. The van der Waals surface area contributed by atoms with Crippen LogP contribution in [0.25, 0.3) is 0 Å². The lowest BCUT2D eigenvalue weighted by atomic mass is 10.1. The molecule has 0 saturated carbocycles. The van der Waals surface area contributed by atoms with Crippen LogP contribution in [0.5, 0.6) is 0 Å². The normalized spacial score (nSPS) is 23.6. The Morgan fingerprint density at radius 2 is 2.00 bits per heavy atom. The van der Waals surface area contributed by atoms with Gasteiger partial charge in [-0.2, -0.15) is 0 Å². The van der Waals surface area contributed by atoms with Crippen LogP contribution in [0.4, 0.5) is 14.9 Å². The number of anilines is 1.